The molecule has 0 spiro atoms. The molecule has 2 aromatic rings. The SMILES string of the molecule is COc1ccc(CCNC(=O)COC(=O)Cc2cc(C(C)=O)ccc2OC)cc1. The lowest BCUT2D eigenvalue weighted by Crippen LogP contribution is -2.30. The first-order valence-corrected chi connectivity index (χ1v) is 9.16. The number of Topliss-reactive ketones (excluding diaryl/α,β-unsaturated/α-hetero) is 1. The zero-order valence-corrected chi connectivity index (χ0v) is 16.8. The summed E-state index contributed by atoms with van der Waals surface area (Å²) in [6.07, 6.45) is 0.558. The zero-order valence-electron chi connectivity index (χ0n) is 16.8. The van der Waals surface area contributed by atoms with Gasteiger partial charge in [-0.05, 0) is 49.2 Å². The van der Waals surface area contributed by atoms with Crippen LogP contribution in [0.4, 0.5) is 0 Å². The molecule has 2 aromatic carbocycles. The number of carbonyl (C=O) groups is 3. The zero-order chi connectivity index (χ0) is 21.2. The minimum absolute atomic E-state index is 0.0938. The molecule has 7 nitrogen and oxygen atoms in total. The standard InChI is InChI=1S/C22H25NO6/c1-15(24)17-6-9-20(28-3)18(12-17)13-22(26)29-14-21(25)23-11-10-16-4-7-19(27-2)8-5-16/h4-9,12H,10-11,13-14H2,1-3H3,(H,23,25). The van der Waals surface area contributed by atoms with Gasteiger partial charge in [-0.3, -0.25) is 14.4 Å². The number of benzene rings is 2. The van der Waals surface area contributed by atoms with Gasteiger partial charge in [0.1, 0.15) is 11.5 Å². The van der Waals surface area contributed by atoms with E-state index in [1.807, 2.05) is 24.3 Å². The Morgan fingerprint density at radius 3 is 2.31 bits per heavy atom. The second kappa shape index (κ2) is 10.8. The summed E-state index contributed by atoms with van der Waals surface area (Å²) in [6, 6.07) is 12.4. The first-order chi connectivity index (χ1) is 13.9. The highest BCUT2D eigenvalue weighted by molar-refractivity contribution is 5.94. The summed E-state index contributed by atoms with van der Waals surface area (Å²) in [5.41, 5.74) is 2.07. The van der Waals surface area contributed by atoms with E-state index >= 15 is 0 Å². The van der Waals surface area contributed by atoms with Crippen molar-refractivity contribution in [2.45, 2.75) is 19.8 Å². The monoisotopic (exact) mass is 399 g/mol. The minimum Gasteiger partial charge on any atom is -0.497 e. The van der Waals surface area contributed by atoms with E-state index in [0.717, 1.165) is 11.3 Å². The average Bonchev–Trinajstić information content (AvgIpc) is 2.72. The predicted octanol–water partition coefficient (Wildman–Crippen LogP) is 2.35. The maximum absolute atomic E-state index is 12.1. The fourth-order valence-corrected chi connectivity index (χ4v) is 2.68. The van der Waals surface area contributed by atoms with Crippen LogP contribution in [0.3, 0.4) is 0 Å². The lowest BCUT2D eigenvalue weighted by Gasteiger charge is -2.10. The van der Waals surface area contributed by atoms with Crippen LogP contribution in [0.2, 0.25) is 0 Å². The van der Waals surface area contributed by atoms with Crippen LogP contribution in [0.25, 0.3) is 0 Å². The van der Waals surface area contributed by atoms with Crippen LogP contribution in [-0.4, -0.2) is 45.0 Å². The van der Waals surface area contributed by atoms with E-state index in [4.69, 9.17) is 14.2 Å². The van der Waals surface area contributed by atoms with Gasteiger partial charge in [0.05, 0.1) is 20.6 Å². The van der Waals surface area contributed by atoms with Crippen LogP contribution < -0.4 is 14.8 Å². The van der Waals surface area contributed by atoms with Gasteiger partial charge in [0.2, 0.25) is 0 Å². The number of ketones is 1. The number of nitrogens with one attached hydrogen (secondary N) is 1. The Hall–Kier alpha value is -3.35. The highest BCUT2D eigenvalue weighted by Crippen LogP contribution is 2.21. The van der Waals surface area contributed by atoms with Crippen LogP contribution in [0.15, 0.2) is 42.5 Å². The lowest BCUT2D eigenvalue weighted by molar-refractivity contribution is -0.147. The van der Waals surface area contributed by atoms with Crippen molar-refractivity contribution in [2.24, 2.45) is 0 Å². The van der Waals surface area contributed by atoms with E-state index in [-0.39, 0.29) is 24.7 Å². The number of hydrogen-bond donors (Lipinski definition) is 1. The summed E-state index contributed by atoms with van der Waals surface area (Å²) >= 11 is 0. The molecule has 7 heteroatoms. The van der Waals surface area contributed by atoms with E-state index in [9.17, 15) is 14.4 Å². The van der Waals surface area contributed by atoms with Crippen molar-refractivity contribution in [1.29, 1.82) is 0 Å². The number of esters is 1. The molecule has 154 valence electrons. The molecular weight excluding hydrogens is 374 g/mol. The smallest absolute Gasteiger partial charge is 0.310 e. The Morgan fingerprint density at radius 2 is 1.69 bits per heavy atom. The molecule has 0 aliphatic carbocycles. The molecule has 0 aliphatic rings. The number of carbonyl (C=O) groups excluding carboxylic acids is 3. The van der Waals surface area contributed by atoms with Crippen molar-refractivity contribution in [1.82, 2.24) is 5.32 Å². The van der Waals surface area contributed by atoms with Crippen LogP contribution >= 0.6 is 0 Å². The van der Waals surface area contributed by atoms with Gasteiger partial charge in [-0.15, -0.1) is 0 Å². The Balaban J connectivity index is 1.77. The summed E-state index contributed by atoms with van der Waals surface area (Å²) in [7, 11) is 3.08. The molecule has 0 saturated carbocycles. The molecule has 1 N–H and O–H groups in total. The molecule has 0 radical (unpaired) electrons. The van der Waals surface area contributed by atoms with Crippen molar-refractivity contribution in [3.05, 3.63) is 59.2 Å². The average molecular weight is 399 g/mol. The molecule has 0 fully saturated rings. The second-order valence-corrected chi connectivity index (χ2v) is 6.37. The first kappa shape index (κ1) is 21.9. The predicted molar refractivity (Wildman–Crippen MR) is 107 cm³/mol. The Labute approximate surface area is 170 Å². The molecule has 1 amide bonds. The Morgan fingerprint density at radius 1 is 0.966 bits per heavy atom. The number of methoxy groups -OCH3 is 2. The number of ether oxygens (including phenoxy) is 3. The number of rotatable bonds is 10. The molecule has 0 atom stereocenters. The Kier molecular flexibility index (Phi) is 8.21. The fraction of sp³-hybridized carbons (Fsp3) is 0.318. The first-order valence-electron chi connectivity index (χ1n) is 9.16. The molecule has 0 aromatic heterocycles. The van der Waals surface area contributed by atoms with Crippen LogP contribution in [0.5, 0.6) is 11.5 Å². The van der Waals surface area contributed by atoms with Crippen molar-refractivity contribution in [2.75, 3.05) is 27.4 Å². The molecule has 0 unspecified atom stereocenters. The third kappa shape index (κ3) is 6.95. The minimum atomic E-state index is -0.575. The van der Waals surface area contributed by atoms with Gasteiger partial charge in [0, 0.05) is 17.7 Å². The van der Waals surface area contributed by atoms with Gasteiger partial charge in [-0.1, -0.05) is 12.1 Å². The van der Waals surface area contributed by atoms with Gasteiger partial charge in [0.15, 0.2) is 12.4 Å². The van der Waals surface area contributed by atoms with Crippen molar-refractivity contribution in [3.63, 3.8) is 0 Å². The largest absolute Gasteiger partial charge is 0.497 e. The molecule has 0 heterocycles. The highest BCUT2D eigenvalue weighted by atomic mass is 16.5. The number of amides is 1. The normalized spacial score (nSPS) is 10.2. The summed E-state index contributed by atoms with van der Waals surface area (Å²) in [5, 5.41) is 2.71. The molecule has 0 saturated heterocycles. The molecule has 2 rings (SSSR count). The van der Waals surface area contributed by atoms with E-state index in [1.165, 1.54) is 14.0 Å². The van der Waals surface area contributed by atoms with Crippen molar-refractivity contribution in [3.8, 4) is 11.5 Å². The summed E-state index contributed by atoms with van der Waals surface area (Å²) in [4.78, 5) is 35.5. The van der Waals surface area contributed by atoms with Gasteiger partial charge in [-0.2, -0.15) is 0 Å². The van der Waals surface area contributed by atoms with Crippen molar-refractivity contribution >= 4 is 17.7 Å². The number of hydrogen-bond acceptors (Lipinski definition) is 6. The Bertz CT molecular complexity index is 860. The van der Waals surface area contributed by atoms with Gasteiger partial charge in [0.25, 0.3) is 5.91 Å². The topological polar surface area (TPSA) is 90.9 Å². The van der Waals surface area contributed by atoms with Gasteiger partial charge >= 0.3 is 5.97 Å². The van der Waals surface area contributed by atoms with Gasteiger partial charge in [-0.25, -0.2) is 0 Å². The summed E-state index contributed by atoms with van der Waals surface area (Å²) in [6.45, 7) is 1.51. The van der Waals surface area contributed by atoms with Gasteiger partial charge < -0.3 is 19.5 Å². The maximum atomic E-state index is 12.1. The molecule has 29 heavy (non-hydrogen) atoms. The van der Waals surface area contributed by atoms with Crippen LogP contribution in [0.1, 0.15) is 28.4 Å². The molecule has 0 bridgehead atoms. The summed E-state index contributed by atoms with van der Waals surface area (Å²) < 4.78 is 15.3. The fourth-order valence-electron chi connectivity index (χ4n) is 2.68. The van der Waals surface area contributed by atoms with Crippen LogP contribution in [-0.2, 0) is 27.2 Å². The third-order valence-corrected chi connectivity index (χ3v) is 4.28. The van der Waals surface area contributed by atoms with E-state index < -0.39 is 5.97 Å². The van der Waals surface area contributed by atoms with Crippen molar-refractivity contribution < 1.29 is 28.6 Å². The van der Waals surface area contributed by atoms with Crippen LogP contribution in [0, 0.1) is 0 Å². The quantitative estimate of drug-likeness (QED) is 0.487. The lowest BCUT2D eigenvalue weighted by atomic mass is 10.0. The molecule has 0 aliphatic heterocycles. The summed E-state index contributed by atoms with van der Waals surface area (Å²) in [5.74, 6) is 0.190. The third-order valence-electron chi connectivity index (χ3n) is 4.28. The van der Waals surface area contributed by atoms with E-state index in [1.54, 1.807) is 25.3 Å². The van der Waals surface area contributed by atoms with E-state index in [2.05, 4.69) is 5.32 Å². The second-order valence-electron chi connectivity index (χ2n) is 6.37. The molecular formula is C22H25NO6. The highest BCUT2D eigenvalue weighted by Gasteiger charge is 2.14. The van der Waals surface area contributed by atoms with E-state index in [0.29, 0.717) is 29.8 Å². The maximum Gasteiger partial charge on any atom is 0.310 e.